The zero-order chi connectivity index (χ0) is 13.9. The van der Waals surface area contributed by atoms with Gasteiger partial charge in [-0.1, -0.05) is 6.92 Å². The minimum absolute atomic E-state index is 0.0845. The molecule has 2 heterocycles. The highest BCUT2D eigenvalue weighted by atomic mass is 16.5. The molecule has 2 saturated heterocycles. The molecule has 0 aromatic heterocycles. The first-order valence-electron chi connectivity index (χ1n) is 7.32. The highest BCUT2D eigenvalue weighted by Gasteiger charge is 2.28. The summed E-state index contributed by atoms with van der Waals surface area (Å²) in [7, 11) is 0. The third-order valence-electron chi connectivity index (χ3n) is 3.28. The van der Waals surface area contributed by atoms with Gasteiger partial charge in [-0.05, 0) is 13.5 Å². The van der Waals surface area contributed by atoms with Crippen LogP contribution in [0, 0.1) is 0 Å². The molecule has 0 bridgehead atoms. The molecule has 0 spiro atoms. The van der Waals surface area contributed by atoms with Crippen molar-refractivity contribution >= 4 is 5.97 Å². The highest BCUT2D eigenvalue weighted by Crippen LogP contribution is 2.04. The predicted octanol–water partition coefficient (Wildman–Crippen LogP) is -0.978. The van der Waals surface area contributed by atoms with Crippen molar-refractivity contribution in [1.29, 1.82) is 0 Å². The van der Waals surface area contributed by atoms with Crippen LogP contribution in [0.3, 0.4) is 0 Å². The monoisotopic (exact) mass is 272 g/mol. The minimum Gasteiger partial charge on any atom is -0.465 e. The summed E-state index contributed by atoms with van der Waals surface area (Å²) in [6, 6.07) is -0.0845. The van der Waals surface area contributed by atoms with E-state index >= 15 is 0 Å². The van der Waals surface area contributed by atoms with Gasteiger partial charge < -0.3 is 20.7 Å². The number of hydrogen-bond donors (Lipinski definition) is 3. The Labute approximate surface area is 116 Å². The number of likely N-dealkylation sites (N-methyl/N-ethyl adjacent to an activating group) is 1. The van der Waals surface area contributed by atoms with Gasteiger partial charge >= 0.3 is 5.97 Å². The van der Waals surface area contributed by atoms with E-state index in [1.807, 2.05) is 6.92 Å². The normalized spacial score (nSPS) is 24.2. The van der Waals surface area contributed by atoms with Crippen molar-refractivity contribution in [1.82, 2.24) is 20.9 Å². The Hall–Kier alpha value is -0.690. The molecule has 0 aliphatic carbocycles. The molecule has 0 aromatic carbocycles. The zero-order valence-corrected chi connectivity index (χ0v) is 12.2. The summed E-state index contributed by atoms with van der Waals surface area (Å²) in [5.74, 6) is -0.100. The standard InChI is InChI=1S/C9H18N2O2.C4H10N2/c1-3-11-6-5-10-7-8(11)9(12)13-4-2;1-2-6-4-3-5-1/h8,10H,3-7H2,1-2H3;5-6H,1-4H2. The van der Waals surface area contributed by atoms with E-state index in [1.54, 1.807) is 0 Å². The third kappa shape index (κ3) is 6.33. The molecule has 2 aliphatic rings. The summed E-state index contributed by atoms with van der Waals surface area (Å²) in [5, 5.41) is 9.64. The average molecular weight is 272 g/mol. The topological polar surface area (TPSA) is 65.6 Å². The fourth-order valence-corrected chi connectivity index (χ4v) is 2.20. The van der Waals surface area contributed by atoms with Gasteiger partial charge in [0.2, 0.25) is 0 Å². The van der Waals surface area contributed by atoms with Gasteiger partial charge in [0.05, 0.1) is 6.61 Å². The van der Waals surface area contributed by atoms with Crippen molar-refractivity contribution < 1.29 is 9.53 Å². The molecule has 112 valence electrons. The smallest absolute Gasteiger partial charge is 0.324 e. The number of carbonyl (C=O) groups is 1. The zero-order valence-electron chi connectivity index (χ0n) is 12.2. The first-order valence-corrected chi connectivity index (χ1v) is 7.32. The van der Waals surface area contributed by atoms with Gasteiger partial charge in [-0.3, -0.25) is 9.69 Å². The summed E-state index contributed by atoms with van der Waals surface area (Å²) in [5.41, 5.74) is 0. The summed E-state index contributed by atoms with van der Waals surface area (Å²) in [6.45, 7) is 12.4. The Morgan fingerprint density at radius 2 is 1.74 bits per heavy atom. The maximum absolute atomic E-state index is 11.5. The van der Waals surface area contributed by atoms with Gasteiger partial charge in [0.1, 0.15) is 6.04 Å². The van der Waals surface area contributed by atoms with Gasteiger partial charge in [-0.25, -0.2) is 0 Å². The fraction of sp³-hybridized carbons (Fsp3) is 0.923. The van der Waals surface area contributed by atoms with Gasteiger partial charge in [-0.2, -0.15) is 0 Å². The molecule has 3 N–H and O–H groups in total. The number of esters is 1. The quantitative estimate of drug-likeness (QED) is 0.574. The summed E-state index contributed by atoms with van der Waals surface area (Å²) in [4.78, 5) is 13.6. The van der Waals surface area contributed by atoms with E-state index in [4.69, 9.17) is 4.74 Å². The van der Waals surface area contributed by atoms with Crippen LogP contribution in [-0.4, -0.2) is 75.9 Å². The van der Waals surface area contributed by atoms with E-state index in [0.29, 0.717) is 13.2 Å². The summed E-state index contributed by atoms with van der Waals surface area (Å²) < 4.78 is 4.99. The van der Waals surface area contributed by atoms with Crippen LogP contribution in [0.15, 0.2) is 0 Å². The lowest BCUT2D eigenvalue weighted by molar-refractivity contribution is -0.150. The highest BCUT2D eigenvalue weighted by molar-refractivity contribution is 5.76. The number of nitrogens with zero attached hydrogens (tertiary/aromatic N) is 1. The summed E-state index contributed by atoms with van der Waals surface area (Å²) >= 11 is 0. The number of piperazine rings is 2. The van der Waals surface area contributed by atoms with E-state index in [-0.39, 0.29) is 12.0 Å². The van der Waals surface area contributed by atoms with Crippen molar-refractivity contribution in [2.45, 2.75) is 19.9 Å². The lowest BCUT2D eigenvalue weighted by Crippen LogP contribution is -2.55. The molecular weight excluding hydrogens is 244 g/mol. The molecule has 0 aromatic rings. The van der Waals surface area contributed by atoms with Crippen molar-refractivity contribution in [3.05, 3.63) is 0 Å². The second-order valence-corrected chi connectivity index (χ2v) is 4.60. The van der Waals surface area contributed by atoms with Crippen LogP contribution in [0.4, 0.5) is 0 Å². The van der Waals surface area contributed by atoms with Crippen molar-refractivity contribution in [2.75, 3.05) is 59.0 Å². The Morgan fingerprint density at radius 3 is 2.21 bits per heavy atom. The van der Waals surface area contributed by atoms with E-state index in [1.165, 1.54) is 0 Å². The van der Waals surface area contributed by atoms with Crippen LogP contribution in [0.25, 0.3) is 0 Å². The van der Waals surface area contributed by atoms with Gasteiger partial charge in [0.15, 0.2) is 0 Å². The maximum atomic E-state index is 11.5. The molecule has 2 rings (SSSR count). The number of ether oxygens (including phenoxy) is 1. The van der Waals surface area contributed by atoms with Crippen LogP contribution in [0.5, 0.6) is 0 Å². The number of rotatable bonds is 3. The van der Waals surface area contributed by atoms with Gasteiger partial charge in [0, 0.05) is 45.8 Å². The molecule has 0 radical (unpaired) electrons. The molecular formula is C13H28N4O2. The molecule has 6 heteroatoms. The third-order valence-corrected chi connectivity index (χ3v) is 3.28. The molecule has 0 amide bonds. The lowest BCUT2D eigenvalue weighted by Gasteiger charge is -2.33. The second kappa shape index (κ2) is 10.1. The molecule has 0 saturated carbocycles. The first kappa shape index (κ1) is 16.4. The van der Waals surface area contributed by atoms with Crippen molar-refractivity contribution in [3.63, 3.8) is 0 Å². The predicted molar refractivity (Wildman–Crippen MR) is 76.3 cm³/mol. The SMILES string of the molecule is C1CNCCN1.CCOC(=O)C1CNCCN1CC. The first-order chi connectivity index (χ1) is 9.29. The molecule has 6 nitrogen and oxygen atoms in total. The van der Waals surface area contributed by atoms with E-state index in [9.17, 15) is 4.79 Å². The largest absolute Gasteiger partial charge is 0.465 e. The van der Waals surface area contributed by atoms with Crippen LogP contribution < -0.4 is 16.0 Å². The average Bonchev–Trinajstić information content (AvgIpc) is 2.50. The molecule has 1 unspecified atom stereocenters. The molecule has 1 atom stereocenters. The molecule has 2 fully saturated rings. The Kier molecular flexibility index (Phi) is 8.73. The fourth-order valence-electron chi connectivity index (χ4n) is 2.20. The minimum atomic E-state index is -0.100. The maximum Gasteiger partial charge on any atom is 0.324 e. The lowest BCUT2D eigenvalue weighted by atomic mass is 10.2. The van der Waals surface area contributed by atoms with Gasteiger partial charge in [0.25, 0.3) is 0 Å². The van der Waals surface area contributed by atoms with Crippen molar-refractivity contribution in [3.8, 4) is 0 Å². The Bertz CT molecular complexity index is 235. The van der Waals surface area contributed by atoms with Crippen LogP contribution >= 0.6 is 0 Å². The summed E-state index contributed by atoms with van der Waals surface area (Å²) in [6.07, 6.45) is 0. The number of hydrogen-bond acceptors (Lipinski definition) is 6. The number of nitrogens with one attached hydrogen (secondary N) is 3. The number of carbonyl (C=O) groups excluding carboxylic acids is 1. The Balaban J connectivity index is 0.000000250. The van der Waals surface area contributed by atoms with E-state index in [0.717, 1.165) is 45.8 Å². The van der Waals surface area contributed by atoms with Gasteiger partial charge in [-0.15, -0.1) is 0 Å². The second-order valence-electron chi connectivity index (χ2n) is 4.60. The van der Waals surface area contributed by atoms with Crippen molar-refractivity contribution in [2.24, 2.45) is 0 Å². The Morgan fingerprint density at radius 1 is 1.11 bits per heavy atom. The molecule has 19 heavy (non-hydrogen) atoms. The van der Waals surface area contributed by atoms with Crippen LogP contribution in [0.2, 0.25) is 0 Å². The van der Waals surface area contributed by atoms with E-state index in [2.05, 4.69) is 27.8 Å². The van der Waals surface area contributed by atoms with Crippen LogP contribution in [0.1, 0.15) is 13.8 Å². The molecule has 2 aliphatic heterocycles. The van der Waals surface area contributed by atoms with E-state index < -0.39 is 0 Å². The van der Waals surface area contributed by atoms with Crippen LogP contribution in [-0.2, 0) is 9.53 Å².